The van der Waals surface area contributed by atoms with Crippen molar-refractivity contribution in [3.8, 4) is 5.75 Å². The van der Waals surface area contributed by atoms with Crippen molar-refractivity contribution in [1.29, 1.82) is 0 Å². The molecule has 3 rings (SSSR count). The van der Waals surface area contributed by atoms with Gasteiger partial charge in [0.15, 0.2) is 0 Å². The molecule has 1 aromatic carbocycles. The first-order chi connectivity index (χ1) is 11.0. The van der Waals surface area contributed by atoms with Crippen LogP contribution >= 0.6 is 12.4 Å². The average Bonchev–Trinajstić information content (AvgIpc) is 3.01. The molecular formula is C18H27ClN2O3. The number of hydrogen-bond donors (Lipinski definition) is 2. The number of halogens is 1. The lowest BCUT2D eigenvalue weighted by molar-refractivity contribution is -0.122. The number of benzene rings is 1. The molecule has 0 bridgehead atoms. The maximum absolute atomic E-state index is 12.5. The summed E-state index contributed by atoms with van der Waals surface area (Å²) in [5, 5.41) is 2.99. The number of nitrogens with one attached hydrogen (secondary N) is 1. The van der Waals surface area contributed by atoms with E-state index < -0.39 is 5.54 Å². The van der Waals surface area contributed by atoms with Crippen LogP contribution in [0.25, 0.3) is 0 Å². The van der Waals surface area contributed by atoms with Gasteiger partial charge in [-0.15, -0.1) is 12.4 Å². The number of hydrogen-bond acceptors (Lipinski definition) is 4. The zero-order valence-corrected chi connectivity index (χ0v) is 14.9. The van der Waals surface area contributed by atoms with Crippen LogP contribution in [0, 0.1) is 5.92 Å². The molecule has 1 aliphatic carbocycles. The van der Waals surface area contributed by atoms with Crippen molar-refractivity contribution in [2.45, 2.75) is 50.7 Å². The van der Waals surface area contributed by atoms with E-state index in [0.29, 0.717) is 6.61 Å². The van der Waals surface area contributed by atoms with E-state index in [0.717, 1.165) is 50.1 Å². The number of amides is 1. The summed E-state index contributed by atoms with van der Waals surface area (Å²) < 4.78 is 11.1. The predicted molar refractivity (Wildman–Crippen MR) is 96.7 cm³/mol. The van der Waals surface area contributed by atoms with Gasteiger partial charge in [0, 0.05) is 17.6 Å². The Labute approximate surface area is 149 Å². The number of anilines is 1. The highest BCUT2D eigenvalue weighted by Crippen LogP contribution is 2.32. The Morgan fingerprint density at radius 2 is 2.04 bits per heavy atom. The molecule has 3 unspecified atom stereocenters. The van der Waals surface area contributed by atoms with Crippen LogP contribution in [0.4, 0.5) is 5.69 Å². The zero-order chi connectivity index (χ0) is 16.3. The molecule has 134 valence electrons. The molecule has 1 aromatic rings. The van der Waals surface area contributed by atoms with Crippen LogP contribution in [-0.2, 0) is 9.53 Å². The molecule has 3 N–H and O–H groups in total. The van der Waals surface area contributed by atoms with Crippen molar-refractivity contribution < 1.29 is 14.3 Å². The second-order valence-electron chi connectivity index (χ2n) is 6.92. The number of carbonyl (C=O) groups excluding carboxylic acids is 1. The molecule has 3 atom stereocenters. The monoisotopic (exact) mass is 354 g/mol. The molecule has 1 saturated heterocycles. The van der Waals surface area contributed by atoms with Gasteiger partial charge >= 0.3 is 0 Å². The van der Waals surface area contributed by atoms with Gasteiger partial charge in [0.1, 0.15) is 11.9 Å². The maximum atomic E-state index is 12.5. The number of carbonyl (C=O) groups is 1. The van der Waals surface area contributed by atoms with Crippen LogP contribution < -0.4 is 15.8 Å². The Morgan fingerprint density at radius 1 is 1.29 bits per heavy atom. The standard InChI is InChI=1S/C18H26N2O3.ClH/c1-18(19)10-3-2-4-16(18)17(21)20-13-5-7-14(8-6-13)23-15-9-11-22-12-15;/h5-8,15-16H,2-4,9-12,19H2,1H3,(H,20,21);1H. The Bertz CT molecular complexity index is 542. The fourth-order valence-electron chi connectivity index (χ4n) is 3.43. The summed E-state index contributed by atoms with van der Waals surface area (Å²) in [6, 6.07) is 7.52. The van der Waals surface area contributed by atoms with E-state index in [9.17, 15) is 4.79 Å². The first-order valence-corrected chi connectivity index (χ1v) is 8.49. The van der Waals surface area contributed by atoms with Gasteiger partial charge in [0.2, 0.25) is 5.91 Å². The molecule has 0 aromatic heterocycles. The molecule has 6 heteroatoms. The fraction of sp³-hybridized carbons (Fsp3) is 0.611. The van der Waals surface area contributed by atoms with E-state index in [1.165, 1.54) is 0 Å². The largest absolute Gasteiger partial charge is 0.488 e. The van der Waals surface area contributed by atoms with Gasteiger partial charge in [-0.3, -0.25) is 4.79 Å². The van der Waals surface area contributed by atoms with Gasteiger partial charge in [0.05, 0.1) is 19.1 Å². The first-order valence-electron chi connectivity index (χ1n) is 8.49. The Kier molecular flexibility index (Phi) is 6.49. The topological polar surface area (TPSA) is 73.6 Å². The molecule has 2 aliphatic rings. The van der Waals surface area contributed by atoms with Gasteiger partial charge in [-0.1, -0.05) is 12.8 Å². The van der Waals surface area contributed by atoms with E-state index in [1.54, 1.807) is 0 Å². The molecule has 0 radical (unpaired) electrons. The zero-order valence-electron chi connectivity index (χ0n) is 14.1. The predicted octanol–water partition coefficient (Wildman–Crippen LogP) is 3.12. The van der Waals surface area contributed by atoms with Crippen LogP contribution in [0.15, 0.2) is 24.3 Å². The molecule has 1 heterocycles. The molecule has 5 nitrogen and oxygen atoms in total. The highest BCUT2D eigenvalue weighted by molar-refractivity contribution is 5.93. The lowest BCUT2D eigenvalue weighted by Gasteiger charge is -2.37. The Balaban J connectivity index is 0.00000208. The minimum atomic E-state index is -0.409. The summed E-state index contributed by atoms with van der Waals surface area (Å²) in [6.07, 6.45) is 5.00. The number of rotatable bonds is 4. The third kappa shape index (κ3) is 4.62. The number of nitrogens with two attached hydrogens (primary N) is 1. The van der Waals surface area contributed by atoms with Crippen molar-refractivity contribution in [1.82, 2.24) is 0 Å². The van der Waals surface area contributed by atoms with E-state index in [2.05, 4.69) is 5.32 Å². The first kappa shape index (κ1) is 19.0. The molecule has 0 spiro atoms. The highest BCUT2D eigenvalue weighted by atomic mass is 35.5. The summed E-state index contributed by atoms with van der Waals surface area (Å²) in [5.74, 6) is 0.704. The quantitative estimate of drug-likeness (QED) is 0.871. The van der Waals surface area contributed by atoms with Crippen molar-refractivity contribution in [2.75, 3.05) is 18.5 Å². The SMILES string of the molecule is CC1(N)CCCCC1C(=O)Nc1ccc(OC2CCOC2)cc1.Cl. The van der Waals surface area contributed by atoms with Crippen LogP contribution in [0.5, 0.6) is 5.75 Å². The summed E-state index contributed by atoms with van der Waals surface area (Å²) in [4.78, 5) is 12.5. The summed E-state index contributed by atoms with van der Waals surface area (Å²) in [7, 11) is 0. The minimum Gasteiger partial charge on any atom is -0.488 e. The van der Waals surface area contributed by atoms with Gasteiger partial charge < -0.3 is 20.5 Å². The van der Waals surface area contributed by atoms with E-state index in [4.69, 9.17) is 15.2 Å². The molecule has 2 fully saturated rings. The van der Waals surface area contributed by atoms with Crippen LogP contribution in [0.3, 0.4) is 0 Å². The van der Waals surface area contributed by atoms with Gasteiger partial charge in [-0.05, 0) is 44.0 Å². The lowest BCUT2D eigenvalue weighted by atomic mass is 9.74. The van der Waals surface area contributed by atoms with Crippen LogP contribution in [0.1, 0.15) is 39.0 Å². The summed E-state index contributed by atoms with van der Waals surface area (Å²) in [6.45, 7) is 3.39. The minimum absolute atomic E-state index is 0. The normalized spacial score (nSPS) is 29.6. The lowest BCUT2D eigenvalue weighted by Crippen LogP contribution is -2.51. The van der Waals surface area contributed by atoms with Crippen LogP contribution in [-0.4, -0.2) is 30.8 Å². The second-order valence-corrected chi connectivity index (χ2v) is 6.92. The van der Waals surface area contributed by atoms with Gasteiger partial charge in [-0.2, -0.15) is 0 Å². The number of ether oxygens (including phenoxy) is 2. The van der Waals surface area contributed by atoms with E-state index >= 15 is 0 Å². The van der Waals surface area contributed by atoms with Gasteiger partial charge in [0.25, 0.3) is 0 Å². The van der Waals surface area contributed by atoms with Crippen molar-refractivity contribution in [3.05, 3.63) is 24.3 Å². The van der Waals surface area contributed by atoms with Crippen molar-refractivity contribution >= 4 is 24.0 Å². The highest BCUT2D eigenvalue weighted by Gasteiger charge is 2.37. The molecule has 1 saturated carbocycles. The smallest absolute Gasteiger partial charge is 0.229 e. The summed E-state index contributed by atoms with van der Waals surface area (Å²) >= 11 is 0. The van der Waals surface area contributed by atoms with Crippen LogP contribution in [0.2, 0.25) is 0 Å². The summed E-state index contributed by atoms with van der Waals surface area (Å²) in [5.41, 5.74) is 6.67. The van der Waals surface area contributed by atoms with Crippen molar-refractivity contribution in [2.24, 2.45) is 11.7 Å². The third-order valence-electron chi connectivity index (χ3n) is 4.88. The maximum Gasteiger partial charge on any atom is 0.229 e. The fourth-order valence-corrected chi connectivity index (χ4v) is 3.43. The van der Waals surface area contributed by atoms with E-state index in [-0.39, 0.29) is 30.3 Å². The van der Waals surface area contributed by atoms with Crippen molar-refractivity contribution in [3.63, 3.8) is 0 Å². The molecular weight excluding hydrogens is 328 g/mol. The Morgan fingerprint density at radius 3 is 2.67 bits per heavy atom. The molecule has 1 amide bonds. The third-order valence-corrected chi connectivity index (χ3v) is 4.88. The van der Waals surface area contributed by atoms with E-state index in [1.807, 2.05) is 31.2 Å². The van der Waals surface area contributed by atoms with Gasteiger partial charge in [-0.25, -0.2) is 0 Å². The second kappa shape index (κ2) is 8.19. The molecule has 24 heavy (non-hydrogen) atoms. The Hall–Kier alpha value is -1.30. The molecule has 1 aliphatic heterocycles. The average molecular weight is 355 g/mol.